The molecule has 0 saturated heterocycles. The molecule has 1 aromatic carbocycles. The molecule has 0 aliphatic heterocycles. The minimum absolute atomic E-state index is 0.634. The molecule has 0 atom stereocenters. The maximum atomic E-state index is 6.06. The fraction of sp³-hybridized carbons (Fsp3) is 0.300. The summed E-state index contributed by atoms with van der Waals surface area (Å²) in [5, 5.41) is 15.5. The molecule has 1 aromatic heterocycles. The second kappa shape index (κ2) is 5.33. The van der Waals surface area contributed by atoms with Gasteiger partial charge in [-0.2, -0.15) is 0 Å². The lowest BCUT2D eigenvalue weighted by atomic mass is 10.1. The number of halogens is 2. The van der Waals surface area contributed by atoms with Crippen LogP contribution in [0.3, 0.4) is 0 Å². The summed E-state index contributed by atoms with van der Waals surface area (Å²) in [6.45, 7) is 0.704. The Morgan fingerprint density at radius 1 is 1.35 bits per heavy atom. The third kappa shape index (κ3) is 3.08. The van der Waals surface area contributed by atoms with Crippen LogP contribution in [0.5, 0.6) is 0 Å². The Balaban J connectivity index is 1.92. The average molecular weight is 272 g/mol. The van der Waals surface area contributed by atoms with E-state index in [9.17, 15) is 0 Å². The largest absolute Gasteiger partial charge is 0.353 e. The van der Waals surface area contributed by atoms with Crippen LogP contribution in [0.1, 0.15) is 5.56 Å². The normalized spacial score (nSPS) is 10.5. The van der Waals surface area contributed by atoms with Crippen LogP contribution in [-0.4, -0.2) is 26.8 Å². The molecule has 2 aromatic rings. The number of aromatic nitrogens is 4. The summed E-state index contributed by atoms with van der Waals surface area (Å²) < 4.78 is 1.57. The lowest BCUT2D eigenvalue weighted by Crippen LogP contribution is -2.09. The van der Waals surface area contributed by atoms with E-state index in [2.05, 4.69) is 20.8 Å². The van der Waals surface area contributed by atoms with Gasteiger partial charge >= 0.3 is 0 Å². The van der Waals surface area contributed by atoms with Gasteiger partial charge in [-0.25, -0.2) is 4.68 Å². The highest BCUT2D eigenvalue weighted by molar-refractivity contribution is 6.35. The standard InChI is InChI=1S/C10H11Cl2N5/c1-17-10(14-15-16-17)13-5-4-7-2-3-8(11)6-9(7)12/h2-3,6H,4-5H2,1H3,(H,13,14,16). The summed E-state index contributed by atoms with van der Waals surface area (Å²) in [5.74, 6) is 0.634. The Bertz CT molecular complexity index is 511. The van der Waals surface area contributed by atoms with E-state index in [1.165, 1.54) is 0 Å². The first-order valence-electron chi connectivity index (χ1n) is 5.07. The predicted octanol–water partition coefficient (Wildman–Crippen LogP) is 2.17. The number of aryl methyl sites for hydroxylation is 1. The van der Waals surface area contributed by atoms with Crippen molar-refractivity contribution in [3.05, 3.63) is 33.8 Å². The third-order valence-corrected chi connectivity index (χ3v) is 2.90. The molecule has 0 unspecified atom stereocenters. The van der Waals surface area contributed by atoms with E-state index < -0.39 is 0 Å². The molecular weight excluding hydrogens is 261 g/mol. The average Bonchev–Trinajstić information content (AvgIpc) is 2.68. The van der Waals surface area contributed by atoms with Crippen molar-refractivity contribution in [2.75, 3.05) is 11.9 Å². The highest BCUT2D eigenvalue weighted by Crippen LogP contribution is 2.21. The van der Waals surface area contributed by atoms with Crippen LogP contribution < -0.4 is 5.32 Å². The molecule has 0 bridgehead atoms. The van der Waals surface area contributed by atoms with Crippen molar-refractivity contribution in [3.63, 3.8) is 0 Å². The van der Waals surface area contributed by atoms with Gasteiger partial charge in [0.1, 0.15) is 0 Å². The zero-order valence-corrected chi connectivity index (χ0v) is 10.7. The first kappa shape index (κ1) is 12.1. The Morgan fingerprint density at radius 3 is 2.82 bits per heavy atom. The maximum Gasteiger partial charge on any atom is 0.242 e. The molecule has 7 heteroatoms. The summed E-state index contributed by atoms with van der Waals surface area (Å²) in [4.78, 5) is 0. The van der Waals surface area contributed by atoms with Gasteiger partial charge < -0.3 is 5.32 Å². The van der Waals surface area contributed by atoms with Gasteiger partial charge in [0.05, 0.1) is 0 Å². The highest BCUT2D eigenvalue weighted by atomic mass is 35.5. The number of benzene rings is 1. The van der Waals surface area contributed by atoms with E-state index in [1.807, 2.05) is 12.1 Å². The summed E-state index contributed by atoms with van der Waals surface area (Å²) in [7, 11) is 1.78. The van der Waals surface area contributed by atoms with Gasteiger partial charge in [-0.1, -0.05) is 34.4 Å². The summed E-state index contributed by atoms with van der Waals surface area (Å²) in [5.41, 5.74) is 1.04. The summed E-state index contributed by atoms with van der Waals surface area (Å²) in [6.07, 6.45) is 0.781. The van der Waals surface area contributed by atoms with Crippen LogP contribution in [0, 0.1) is 0 Å². The molecule has 0 fully saturated rings. The monoisotopic (exact) mass is 271 g/mol. The van der Waals surface area contributed by atoms with Crippen molar-refractivity contribution in [2.24, 2.45) is 7.05 Å². The second-order valence-electron chi connectivity index (χ2n) is 3.54. The highest BCUT2D eigenvalue weighted by Gasteiger charge is 2.03. The minimum Gasteiger partial charge on any atom is -0.353 e. The van der Waals surface area contributed by atoms with E-state index in [0.717, 1.165) is 12.0 Å². The maximum absolute atomic E-state index is 6.06. The Morgan fingerprint density at radius 2 is 2.18 bits per heavy atom. The van der Waals surface area contributed by atoms with Crippen molar-refractivity contribution < 1.29 is 0 Å². The topological polar surface area (TPSA) is 55.6 Å². The predicted molar refractivity (Wildman–Crippen MR) is 67.5 cm³/mol. The van der Waals surface area contributed by atoms with Crippen molar-refractivity contribution in [1.82, 2.24) is 20.2 Å². The number of rotatable bonds is 4. The molecule has 0 aliphatic carbocycles. The number of nitrogens with zero attached hydrogens (tertiary/aromatic N) is 4. The van der Waals surface area contributed by atoms with Crippen molar-refractivity contribution in [1.29, 1.82) is 0 Å². The van der Waals surface area contributed by atoms with E-state index in [0.29, 0.717) is 22.5 Å². The van der Waals surface area contributed by atoms with Gasteiger partial charge in [-0.3, -0.25) is 0 Å². The summed E-state index contributed by atoms with van der Waals surface area (Å²) >= 11 is 11.9. The summed E-state index contributed by atoms with van der Waals surface area (Å²) in [6, 6.07) is 5.48. The molecule has 5 nitrogen and oxygen atoms in total. The number of anilines is 1. The number of tetrazole rings is 1. The zero-order chi connectivity index (χ0) is 12.3. The Labute approximate surface area is 109 Å². The molecule has 90 valence electrons. The first-order valence-corrected chi connectivity index (χ1v) is 5.82. The van der Waals surface area contributed by atoms with Gasteiger partial charge in [0, 0.05) is 23.6 Å². The first-order chi connectivity index (χ1) is 8.16. The smallest absolute Gasteiger partial charge is 0.242 e. The molecule has 17 heavy (non-hydrogen) atoms. The van der Waals surface area contributed by atoms with Crippen LogP contribution in [-0.2, 0) is 13.5 Å². The van der Waals surface area contributed by atoms with Crippen molar-refractivity contribution in [3.8, 4) is 0 Å². The number of hydrogen-bond acceptors (Lipinski definition) is 4. The van der Waals surface area contributed by atoms with Gasteiger partial charge in [0.25, 0.3) is 0 Å². The molecule has 0 amide bonds. The Hall–Kier alpha value is -1.33. The minimum atomic E-state index is 0.634. The SMILES string of the molecule is Cn1nnnc1NCCc1ccc(Cl)cc1Cl. The molecule has 0 saturated carbocycles. The fourth-order valence-electron chi connectivity index (χ4n) is 1.41. The van der Waals surface area contributed by atoms with Gasteiger partial charge in [-0.05, 0) is 34.5 Å². The van der Waals surface area contributed by atoms with E-state index in [4.69, 9.17) is 23.2 Å². The Kier molecular flexibility index (Phi) is 3.81. The van der Waals surface area contributed by atoms with Crippen LogP contribution in [0.15, 0.2) is 18.2 Å². The molecule has 0 radical (unpaired) electrons. The van der Waals surface area contributed by atoms with E-state index in [-0.39, 0.29) is 0 Å². The quantitative estimate of drug-likeness (QED) is 0.926. The molecule has 0 spiro atoms. The van der Waals surface area contributed by atoms with E-state index >= 15 is 0 Å². The van der Waals surface area contributed by atoms with E-state index in [1.54, 1.807) is 17.8 Å². The van der Waals surface area contributed by atoms with Gasteiger partial charge in [-0.15, -0.1) is 0 Å². The zero-order valence-electron chi connectivity index (χ0n) is 9.19. The van der Waals surface area contributed by atoms with Crippen molar-refractivity contribution >= 4 is 29.2 Å². The second-order valence-corrected chi connectivity index (χ2v) is 4.38. The molecular formula is C10H11Cl2N5. The van der Waals surface area contributed by atoms with Crippen LogP contribution >= 0.6 is 23.2 Å². The van der Waals surface area contributed by atoms with Crippen LogP contribution in [0.25, 0.3) is 0 Å². The third-order valence-electron chi connectivity index (χ3n) is 2.31. The lowest BCUT2D eigenvalue weighted by Gasteiger charge is -2.06. The molecule has 2 rings (SSSR count). The van der Waals surface area contributed by atoms with Gasteiger partial charge in [0.2, 0.25) is 5.95 Å². The van der Waals surface area contributed by atoms with Crippen LogP contribution in [0.2, 0.25) is 10.0 Å². The fourth-order valence-corrected chi connectivity index (χ4v) is 1.92. The molecule has 1 N–H and O–H groups in total. The lowest BCUT2D eigenvalue weighted by molar-refractivity contribution is 0.712. The number of nitrogens with one attached hydrogen (secondary N) is 1. The molecule has 0 aliphatic rings. The van der Waals surface area contributed by atoms with Gasteiger partial charge in [0.15, 0.2) is 0 Å². The number of hydrogen-bond donors (Lipinski definition) is 1. The van der Waals surface area contributed by atoms with Crippen molar-refractivity contribution in [2.45, 2.75) is 6.42 Å². The van der Waals surface area contributed by atoms with Crippen LogP contribution in [0.4, 0.5) is 5.95 Å². The molecule has 1 heterocycles.